The lowest BCUT2D eigenvalue weighted by Crippen LogP contribution is -2.28. The number of para-hydroxylation sites is 2. The zero-order valence-electron chi connectivity index (χ0n) is 16.4. The fourth-order valence-corrected chi connectivity index (χ4v) is 4.19. The van der Waals surface area contributed by atoms with E-state index in [2.05, 4.69) is 25.4 Å². The average molecular weight is 407 g/mol. The predicted molar refractivity (Wildman–Crippen MR) is 112 cm³/mol. The van der Waals surface area contributed by atoms with Gasteiger partial charge in [0.15, 0.2) is 0 Å². The van der Waals surface area contributed by atoms with Gasteiger partial charge in [0, 0.05) is 17.5 Å². The maximum absolute atomic E-state index is 12.9. The number of pyridine rings is 1. The van der Waals surface area contributed by atoms with E-state index in [4.69, 9.17) is 4.52 Å². The van der Waals surface area contributed by atoms with Gasteiger partial charge >= 0.3 is 0 Å². The topological polar surface area (TPSA) is 96.7 Å². The summed E-state index contributed by atoms with van der Waals surface area (Å²) in [6.07, 6.45) is 1.69. The van der Waals surface area contributed by atoms with Gasteiger partial charge in [-0.05, 0) is 45.0 Å². The molecule has 0 saturated heterocycles. The second-order valence-electron chi connectivity index (χ2n) is 6.78. The fourth-order valence-electron chi connectivity index (χ4n) is 3.05. The number of fused-ring (bicyclic) bond motifs is 1. The van der Waals surface area contributed by atoms with E-state index in [1.165, 1.54) is 11.8 Å². The van der Waals surface area contributed by atoms with Crippen LogP contribution in [0.3, 0.4) is 0 Å². The number of aromatic nitrogens is 4. The number of imidazole rings is 1. The van der Waals surface area contributed by atoms with Gasteiger partial charge in [-0.1, -0.05) is 17.3 Å². The van der Waals surface area contributed by atoms with Crippen LogP contribution in [0.5, 0.6) is 0 Å². The molecule has 0 aliphatic carbocycles. The summed E-state index contributed by atoms with van der Waals surface area (Å²) in [6.45, 7) is 5.70. The Morgan fingerprint density at radius 2 is 2.07 bits per heavy atom. The minimum atomic E-state index is -0.268. The number of H-pyrrole nitrogens is 1. The molecule has 0 spiro atoms. The van der Waals surface area contributed by atoms with Crippen molar-refractivity contribution >= 4 is 28.7 Å². The first-order chi connectivity index (χ1) is 14.0. The van der Waals surface area contributed by atoms with E-state index >= 15 is 0 Å². The summed E-state index contributed by atoms with van der Waals surface area (Å²) in [7, 11) is 0. The lowest BCUT2D eigenvalue weighted by Gasteiger charge is -2.13. The summed E-state index contributed by atoms with van der Waals surface area (Å²) in [4.78, 5) is 25.1. The van der Waals surface area contributed by atoms with Crippen molar-refractivity contribution in [2.75, 3.05) is 0 Å². The van der Waals surface area contributed by atoms with Crippen molar-refractivity contribution in [2.45, 2.75) is 37.6 Å². The van der Waals surface area contributed by atoms with Crippen LogP contribution in [0.4, 0.5) is 0 Å². The summed E-state index contributed by atoms with van der Waals surface area (Å²) in [6, 6.07) is 11.1. The molecule has 1 unspecified atom stereocenters. The molecule has 0 aliphatic rings. The third kappa shape index (κ3) is 4.02. The number of benzene rings is 1. The number of carbonyl (C=O) groups is 1. The number of amides is 1. The van der Waals surface area contributed by atoms with Gasteiger partial charge in [0.05, 0.1) is 28.3 Å². The average Bonchev–Trinajstić information content (AvgIpc) is 3.30. The molecule has 4 rings (SSSR count). The molecule has 1 atom stereocenters. The summed E-state index contributed by atoms with van der Waals surface area (Å²) in [5.41, 5.74) is 4.24. The van der Waals surface area contributed by atoms with Crippen LogP contribution in [0.25, 0.3) is 11.0 Å². The van der Waals surface area contributed by atoms with Crippen LogP contribution in [0.1, 0.15) is 46.2 Å². The van der Waals surface area contributed by atoms with Crippen LogP contribution >= 0.6 is 11.8 Å². The van der Waals surface area contributed by atoms with Gasteiger partial charge in [-0.15, -0.1) is 11.8 Å². The largest absolute Gasteiger partial charge is 0.361 e. The number of hydrogen-bond donors (Lipinski definition) is 2. The minimum absolute atomic E-state index is 0.188. The van der Waals surface area contributed by atoms with E-state index in [1.54, 1.807) is 18.3 Å². The lowest BCUT2D eigenvalue weighted by molar-refractivity contribution is 0.0934. The Morgan fingerprint density at radius 1 is 1.24 bits per heavy atom. The fraction of sp³-hybridized carbons (Fsp3) is 0.238. The van der Waals surface area contributed by atoms with E-state index in [1.807, 2.05) is 45.0 Å². The molecule has 29 heavy (non-hydrogen) atoms. The maximum Gasteiger partial charge on any atom is 0.254 e. The van der Waals surface area contributed by atoms with Crippen molar-refractivity contribution in [1.29, 1.82) is 0 Å². The number of nitrogens with one attached hydrogen (secondary N) is 2. The Bertz CT molecular complexity index is 1110. The van der Waals surface area contributed by atoms with Crippen molar-refractivity contribution in [2.24, 2.45) is 0 Å². The highest BCUT2D eigenvalue weighted by Crippen LogP contribution is 2.27. The van der Waals surface area contributed by atoms with Crippen LogP contribution in [0, 0.1) is 13.8 Å². The van der Waals surface area contributed by atoms with E-state index in [0.29, 0.717) is 22.2 Å². The third-order valence-electron chi connectivity index (χ3n) is 4.72. The quantitative estimate of drug-likeness (QED) is 0.461. The molecule has 1 amide bonds. The van der Waals surface area contributed by atoms with Gasteiger partial charge in [-0.3, -0.25) is 4.79 Å². The molecule has 0 bridgehead atoms. The zero-order chi connectivity index (χ0) is 20.4. The minimum Gasteiger partial charge on any atom is -0.361 e. The summed E-state index contributed by atoms with van der Waals surface area (Å²) < 4.78 is 5.21. The highest BCUT2D eigenvalue weighted by Gasteiger charge is 2.19. The summed E-state index contributed by atoms with van der Waals surface area (Å²) in [5, 5.41) is 7.66. The second-order valence-corrected chi connectivity index (χ2v) is 7.75. The van der Waals surface area contributed by atoms with E-state index in [-0.39, 0.29) is 11.9 Å². The molecule has 1 aromatic carbocycles. The number of nitrogens with zero attached hydrogens (tertiary/aromatic N) is 3. The molecule has 3 heterocycles. The molecule has 0 saturated carbocycles. The number of carbonyl (C=O) groups excluding carboxylic acids is 1. The molecule has 148 valence electrons. The first-order valence-corrected chi connectivity index (χ1v) is 10.3. The highest BCUT2D eigenvalue weighted by atomic mass is 32.2. The third-order valence-corrected chi connectivity index (χ3v) is 5.75. The second kappa shape index (κ2) is 8.08. The number of aryl methyl sites for hydroxylation is 2. The van der Waals surface area contributed by atoms with Crippen molar-refractivity contribution < 1.29 is 9.32 Å². The number of hydrogen-bond acceptors (Lipinski definition) is 6. The lowest BCUT2D eigenvalue weighted by atomic mass is 10.2. The monoisotopic (exact) mass is 407 g/mol. The molecular formula is C21H21N5O2S. The van der Waals surface area contributed by atoms with Gasteiger partial charge in [-0.2, -0.15) is 0 Å². The predicted octanol–water partition coefficient (Wildman–Crippen LogP) is 4.35. The van der Waals surface area contributed by atoms with Gasteiger partial charge in [-0.25, -0.2) is 9.97 Å². The molecule has 0 aliphatic heterocycles. The maximum atomic E-state index is 12.9. The van der Waals surface area contributed by atoms with Crippen molar-refractivity contribution in [3.63, 3.8) is 0 Å². The normalized spacial score (nSPS) is 12.2. The number of rotatable bonds is 6. The Hall–Kier alpha value is -3.13. The van der Waals surface area contributed by atoms with Crippen LogP contribution in [0.2, 0.25) is 0 Å². The Kier molecular flexibility index (Phi) is 5.35. The Balaban J connectivity index is 1.49. The first kappa shape index (κ1) is 19.2. The Labute approximate surface area is 172 Å². The van der Waals surface area contributed by atoms with Gasteiger partial charge < -0.3 is 14.8 Å². The molecule has 4 aromatic rings. The van der Waals surface area contributed by atoms with Crippen molar-refractivity contribution in [3.05, 3.63) is 71.0 Å². The smallest absolute Gasteiger partial charge is 0.254 e. The van der Waals surface area contributed by atoms with Gasteiger partial charge in [0.1, 0.15) is 16.6 Å². The van der Waals surface area contributed by atoms with E-state index in [0.717, 1.165) is 28.1 Å². The first-order valence-electron chi connectivity index (χ1n) is 9.28. The number of thioether (sulfide) groups is 1. The SMILES string of the molecule is Cc1noc(C)c1CSc1ncccc1C(=O)NC(C)c1nc2ccccc2[nH]1. The molecular weight excluding hydrogens is 386 g/mol. The van der Waals surface area contributed by atoms with Crippen LogP contribution in [0.15, 0.2) is 52.1 Å². The molecule has 7 nitrogen and oxygen atoms in total. The zero-order valence-corrected chi connectivity index (χ0v) is 17.2. The number of aromatic amines is 1. The van der Waals surface area contributed by atoms with E-state index < -0.39 is 0 Å². The molecule has 0 fully saturated rings. The van der Waals surface area contributed by atoms with E-state index in [9.17, 15) is 4.79 Å². The Morgan fingerprint density at radius 3 is 2.83 bits per heavy atom. The van der Waals surface area contributed by atoms with Gasteiger partial charge in [0.25, 0.3) is 5.91 Å². The molecule has 2 N–H and O–H groups in total. The van der Waals surface area contributed by atoms with Crippen LogP contribution < -0.4 is 5.32 Å². The summed E-state index contributed by atoms with van der Waals surface area (Å²) >= 11 is 1.49. The van der Waals surface area contributed by atoms with Gasteiger partial charge in [0.2, 0.25) is 0 Å². The van der Waals surface area contributed by atoms with Crippen LogP contribution in [-0.4, -0.2) is 26.0 Å². The van der Waals surface area contributed by atoms with Crippen molar-refractivity contribution in [3.8, 4) is 0 Å². The summed E-state index contributed by atoms with van der Waals surface area (Å²) in [5.74, 6) is 1.95. The highest BCUT2D eigenvalue weighted by molar-refractivity contribution is 7.98. The van der Waals surface area contributed by atoms with Crippen molar-refractivity contribution in [1.82, 2.24) is 25.4 Å². The standard InChI is InChI=1S/C21H21N5O2S/c1-12-16(14(3)28-26-12)11-29-21-15(7-6-10-22-21)20(27)23-13(2)19-24-17-8-4-5-9-18(17)25-19/h4-10,13H,11H2,1-3H3,(H,23,27)(H,24,25). The molecule has 8 heteroatoms. The van der Waals surface area contributed by atoms with Crippen LogP contribution in [-0.2, 0) is 5.75 Å². The molecule has 0 radical (unpaired) electrons. The molecule has 3 aromatic heterocycles.